The van der Waals surface area contributed by atoms with Crippen LogP contribution in [-0.4, -0.2) is 53.7 Å². The van der Waals surface area contributed by atoms with Crippen molar-refractivity contribution in [2.24, 2.45) is 0 Å². The Morgan fingerprint density at radius 2 is 2.14 bits per heavy atom. The highest BCUT2D eigenvalue weighted by Gasteiger charge is 2.19. The molecule has 1 saturated heterocycles. The Kier molecular flexibility index (Phi) is 6.68. The van der Waals surface area contributed by atoms with Gasteiger partial charge in [-0.1, -0.05) is 26.6 Å². The Balaban J connectivity index is 1.69. The van der Waals surface area contributed by atoms with Crippen LogP contribution in [0, 0.1) is 0 Å². The number of ether oxygens (including phenoxy) is 2. The standard InChI is InChI=1S/C19H32N6O2Si/c1-5-17-23-24-19(25(17)13-26-8-9-28(2,3)4)14-10-16(20)18(21-11-14)22-12-15-6-7-27-15/h10-11,15H,5-9,12-13,20H2,1-4H3,(H,21,22)/t15-/m0/s1. The number of nitrogens with zero attached hydrogens (tertiary/aromatic N) is 4. The Bertz CT molecular complexity index is 785. The van der Waals surface area contributed by atoms with Crippen molar-refractivity contribution in [1.29, 1.82) is 0 Å². The molecule has 154 valence electrons. The van der Waals surface area contributed by atoms with E-state index in [4.69, 9.17) is 15.2 Å². The lowest BCUT2D eigenvalue weighted by Gasteiger charge is -2.26. The zero-order valence-corrected chi connectivity index (χ0v) is 18.4. The molecule has 28 heavy (non-hydrogen) atoms. The van der Waals surface area contributed by atoms with Gasteiger partial charge in [0.1, 0.15) is 18.4 Å². The summed E-state index contributed by atoms with van der Waals surface area (Å²) in [5.41, 5.74) is 7.64. The van der Waals surface area contributed by atoms with E-state index in [1.165, 1.54) is 0 Å². The van der Waals surface area contributed by atoms with Gasteiger partial charge in [0.15, 0.2) is 5.82 Å². The first-order chi connectivity index (χ1) is 13.4. The first-order valence-corrected chi connectivity index (χ1v) is 13.7. The zero-order valence-electron chi connectivity index (χ0n) is 17.4. The fraction of sp³-hybridized carbons (Fsp3) is 0.632. The molecule has 0 spiro atoms. The predicted molar refractivity (Wildman–Crippen MR) is 114 cm³/mol. The molecule has 0 saturated carbocycles. The first kappa shape index (κ1) is 20.8. The maximum absolute atomic E-state index is 6.21. The summed E-state index contributed by atoms with van der Waals surface area (Å²) in [4.78, 5) is 4.48. The van der Waals surface area contributed by atoms with E-state index >= 15 is 0 Å². The molecule has 0 radical (unpaired) electrons. The van der Waals surface area contributed by atoms with Crippen LogP contribution in [0.1, 0.15) is 19.2 Å². The van der Waals surface area contributed by atoms with Crippen molar-refractivity contribution >= 4 is 19.6 Å². The van der Waals surface area contributed by atoms with Crippen LogP contribution < -0.4 is 11.1 Å². The summed E-state index contributed by atoms with van der Waals surface area (Å²) in [7, 11) is -1.12. The molecule has 1 fully saturated rings. The van der Waals surface area contributed by atoms with Gasteiger partial charge in [0.25, 0.3) is 0 Å². The number of rotatable bonds is 10. The summed E-state index contributed by atoms with van der Waals surface area (Å²) in [5.74, 6) is 2.30. The number of aromatic nitrogens is 4. The summed E-state index contributed by atoms with van der Waals surface area (Å²) in [6.07, 6.45) is 3.90. The predicted octanol–water partition coefficient (Wildman–Crippen LogP) is 3.00. The number of hydrogen-bond donors (Lipinski definition) is 2. The van der Waals surface area contributed by atoms with Crippen molar-refractivity contribution in [1.82, 2.24) is 19.7 Å². The number of nitrogens with one attached hydrogen (secondary N) is 1. The largest absolute Gasteiger partial charge is 0.396 e. The number of hydrogen-bond acceptors (Lipinski definition) is 7. The highest BCUT2D eigenvalue weighted by Crippen LogP contribution is 2.25. The van der Waals surface area contributed by atoms with E-state index in [1.807, 2.05) is 10.6 Å². The molecule has 3 N–H and O–H groups in total. The second-order valence-corrected chi connectivity index (χ2v) is 14.0. The molecule has 0 unspecified atom stereocenters. The van der Waals surface area contributed by atoms with Gasteiger partial charge in [0.2, 0.25) is 0 Å². The van der Waals surface area contributed by atoms with Crippen molar-refractivity contribution < 1.29 is 9.47 Å². The Morgan fingerprint density at radius 3 is 2.75 bits per heavy atom. The van der Waals surface area contributed by atoms with Crippen molar-refractivity contribution in [3.05, 3.63) is 18.1 Å². The van der Waals surface area contributed by atoms with Crippen LogP contribution >= 0.6 is 0 Å². The molecule has 3 rings (SSSR count). The fourth-order valence-corrected chi connectivity index (χ4v) is 3.64. The lowest BCUT2D eigenvalue weighted by molar-refractivity contribution is -0.0410. The molecular formula is C19H32N6O2Si. The molecule has 8 nitrogen and oxygen atoms in total. The lowest BCUT2D eigenvalue weighted by atomic mass is 10.2. The highest BCUT2D eigenvalue weighted by molar-refractivity contribution is 6.76. The van der Waals surface area contributed by atoms with Crippen LogP contribution in [0.25, 0.3) is 11.4 Å². The van der Waals surface area contributed by atoms with Gasteiger partial charge in [-0.05, 0) is 18.5 Å². The number of aryl methyl sites for hydroxylation is 1. The van der Waals surface area contributed by atoms with E-state index < -0.39 is 8.07 Å². The third kappa shape index (κ3) is 5.30. The Hall–Kier alpha value is -1.97. The van der Waals surface area contributed by atoms with Crippen molar-refractivity contribution in [2.75, 3.05) is 30.8 Å². The van der Waals surface area contributed by atoms with Gasteiger partial charge in [-0.15, -0.1) is 10.2 Å². The molecule has 9 heteroatoms. The quantitative estimate of drug-likeness (QED) is 0.464. The molecule has 0 bridgehead atoms. The maximum Gasteiger partial charge on any atom is 0.167 e. The first-order valence-electron chi connectivity index (χ1n) is 9.98. The molecule has 3 heterocycles. The Morgan fingerprint density at radius 1 is 1.36 bits per heavy atom. The van der Waals surface area contributed by atoms with Gasteiger partial charge in [-0.2, -0.15) is 0 Å². The van der Waals surface area contributed by atoms with Crippen LogP contribution in [0.4, 0.5) is 11.5 Å². The second kappa shape index (κ2) is 9.02. The van der Waals surface area contributed by atoms with E-state index in [-0.39, 0.29) is 6.10 Å². The fourth-order valence-electron chi connectivity index (χ4n) is 2.89. The van der Waals surface area contributed by atoms with E-state index in [9.17, 15) is 0 Å². The van der Waals surface area contributed by atoms with E-state index in [2.05, 4.69) is 47.1 Å². The molecule has 0 amide bonds. The number of nitrogen functional groups attached to an aromatic ring is 1. The number of pyridine rings is 1. The molecule has 2 aromatic rings. The van der Waals surface area contributed by atoms with Gasteiger partial charge in [-0.3, -0.25) is 4.57 Å². The van der Waals surface area contributed by atoms with Gasteiger partial charge >= 0.3 is 0 Å². The summed E-state index contributed by atoms with van der Waals surface area (Å²) in [5, 5.41) is 11.9. The summed E-state index contributed by atoms with van der Waals surface area (Å²) < 4.78 is 13.4. The van der Waals surface area contributed by atoms with Crippen LogP contribution in [0.5, 0.6) is 0 Å². The highest BCUT2D eigenvalue weighted by atomic mass is 28.3. The van der Waals surface area contributed by atoms with Gasteiger partial charge in [0.05, 0.1) is 11.8 Å². The number of nitrogens with two attached hydrogens (primary N) is 1. The molecule has 1 atom stereocenters. The van der Waals surface area contributed by atoms with Gasteiger partial charge < -0.3 is 20.5 Å². The monoisotopic (exact) mass is 404 g/mol. The number of anilines is 2. The minimum atomic E-state index is -1.12. The van der Waals surface area contributed by atoms with Gasteiger partial charge in [-0.25, -0.2) is 4.98 Å². The van der Waals surface area contributed by atoms with E-state index in [0.717, 1.165) is 55.9 Å². The summed E-state index contributed by atoms with van der Waals surface area (Å²) >= 11 is 0. The average Bonchev–Trinajstić information content (AvgIpc) is 3.00. The normalized spacial score (nSPS) is 16.8. The molecule has 1 aliphatic heterocycles. The van der Waals surface area contributed by atoms with Crippen molar-refractivity contribution in [3.8, 4) is 11.4 Å². The minimum Gasteiger partial charge on any atom is -0.396 e. The minimum absolute atomic E-state index is 0.254. The maximum atomic E-state index is 6.21. The van der Waals surface area contributed by atoms with E-state index in [0.29, 0.717) is 18.2 Å². The zero-order chi connectivity index (χ0) is 20.1. The molecule has 0 aromatic carbocycles. The SMILES string of the molecule is CCc1nnc(-c2cnc(NC[C@@H]3CCO3)c(N)c2)n1COCC[Si](C)(C)C. The van der Waals surface area contributed by atoms with Crippen LogP contribution in [0.15, 0.2) is 12.3 Å². The summed E-state index contributed by atoms with van der Waals surface area (Å²) in [6.45, 7) is 11.9. The molecule has 0 aliphatic carbocycles. The third-order valence-electron chi connectivity index (χ3n) is 4.83. The van der Waals surface area contributed by atoms with Crippen LogP contribution in [0.3, 0.4) is 0 Å². The lowest BCUT2D eigenvalue weighted by Crippen LogP contribution is -2.33. The topological polar surface area (TPSA) is 100 Å². The smallest absolute Gasteiger partial charge is 0.167 e. The van der Waals surface area contributed by atoms with Crippen LogP contribution in [-0.2, 0) is 22.6 Å². The molecule has 2 aromatic heterocycles. The van der Waals surface area contributed by atoms with Crippen molar-refractivity contribution in [2.45, 2.75) is 58.3 Å². The third-order valence-corrected chi connectivity index (χ3v) is 6.53. The Labute approximate surface area is 167 Å². The molecule has 1 aliphatic rings. The van der Waals surface area contributed by atoms with Crippen LogP contribution in [0.2, 0.25) is 25.7 Å². The second-order valence-electron chi connectivity index (χ2n) is 8.39. The molecular weight excluding hydrogens is 372 g/mol. The van der Waals surface area contributed by atoms with Gasteiger partial charge in [0, 0.05) is 46.0 Å². The van der Waals surface area contributed by atoms with Crippen molar-refractivity contribution in [3.63, 3.8) is 0 Å². The average molecular weight is 405 g/mol. The summed E-state index contributed by atoms with van der Waals surface area (Å²) in [6, 6.07) is 3.02. The van der Waals surface area contributed by atoms with E-state index in [1.54, 1.807) is 6.20 Å².